The SMILES string of the molecule is COc1cc2cc(N)n(C)c(=O)c2cc1OC. The first kappa shape index (κ1) is 11.3. The number of nitrogens with zero attached hydrogens (tertiary/aromatic N) is 1. The lowest BCUT2D eigenvalue weighted by molar-refractivity contribution is 0.356. The minimum absolute atomic E-state index is 0.152. The van der Waals surface area contributed by atoms with Gasteiger partial charge in [-0.3, -0.25) is 9.36 Å². The molecule has 2 rings (SSSR count). The second-order valence-electron chi connectivity index (χ2n) is 3.73. The molecule has 5 heteroatoms. The molecule has 2 N–H and O–H groups in total. The summed E-state index contributed by atoms with van der Waals surface area (Å²) < 4.78 is 11.7. The van der Waals surface area contributed by atoms with E-state index in [1.54, 1.807) is 32.4 Å². The van der Waals surface area contributed by atoms with Crippen LogP contribution in [0.2, 0.25) is 0 Å². The van der Waals surface area contributed by atoms with Crippen LogP contribution in [0.5, 0.6) is 11.5 Å². The number of methoxy groups -OCH3 is 2. The van der Waals surface area contributed by atoms with E-state index in [-0.39, 0.29) is 5.56 Å². The first-order valence-corrected chi connectivity index (χ1v) is 5.09. The van der Waals surface area contributed by atoms with Gasteiger partial charge in [0.05, 0.1) is 19.6 Å². The van der Waals surface area contributed by atoms with Crippen LogP contribution in [0.1, 0.15) is 0 Å². The molecule has 0 radical (unpaired) electrons. The van der Waals surface area contributed by atoms with Gasteiger partial charge in [-0.25, -0.2) is 0 Å². The van der Waals surface area contributed by atoms with Crippen LogP contribution in [-0.2, 0) is 7.05 Å². The van der Waals surface area contributed by atoms with E-state index < -0.39 is 0 Å². The lowest BCUT2D eigenvalue weighted by atomic mass is 10.1. The van der Waals surface area contributed by atoms with Crippen molar-refractivity contribution in [3.63, 3.8) is 0 Å². The fourth-order valence-corrected chi connectivity index (χ4v) is 1.75. The highest BCUT2D eigenvalue weighted by molar-refractivity contribution is 5.87. The quantitative estimate of drug-likeness (QED) is 0.846. The Morgan fingerprint density at radius 1 is 1.12 bits per heavy atom. The van der Waals surface area contributed by atoms with Crippen LogP contribution in [0.4, 0.5) is 5.82 Å². The molecule has 2 aromatic rings. The average molecular weight is 234 g/mol. The number of nitrogen functional groups attached to an aromatic ring is 1. The molecule has 0 spiro atoms. The summed E-state index contributed by atoms with van der Waals surface area (Å²) in [6.45, 7) is 0. The van der Waals surface area contributed by atoms with Crippen molar-refractivity contribution in [2.24, 2.45) is 7.05 Å². The number of fused-ring (bicyclic) bond motifs is 1. The van der Waals surface area contributed by atoms with E-state index in [0.29, 0.717) is 22.7 Å². The largest absolute Gasteiger partial charge is 0.493 e. The maximum atomic E-state index is 12.0. The van der Waals surface area contributed by atoms with Gasteiger partial charge in [-0.05, 0) is 23.6 Å². The lowest BCUT2D eigenvalue weighted by Crippen LogP contribution is -2.19. The highest BCUT2D eigenvalue weighted by Crippen LogP contribution is 2.31. The average Bonchev–Trinajstić information content (AvgIpc) is 2.34. The molecule has 0 aliphatic carbocycles. The fourth-order valence-electron chi connectivity index (χ4n) is 1.75. The van der Waals surface area contributed by atoms with Gasteiger partial charge in [0.1, 0.15) is 5.82 Å². The summed E-state index contributed by atoms with van der Waals surface area (Å²) in [6.07, 6.45) is 0. The van der Waals surface area contributed by atoms with Gasteiger partial charge >= 0.3 is 0 Å². The summed E-state index contributed by atoms with van der Waals surface area (Å²) in [5, 5.41) is 1.29. The predicted octanol–water partition coefficient (Wildman–Crippen LogP) is 1.14. The number of pyridine rings is 1. The van der Waals surface area contributed by atoms with Gasteiger partial charge in [0.25, 0.3) is 5.56 Å². The number of hydrogen-bond acceptors (Lipinski definition) is 4. The molecule has 0 saturated heterocycles. The van der Waals surface area contributed by atoms with Crippen LogP contribution in [-0.4, -0.2) is 18.8 Å². The molecule has 17 heavy (non-hydrogen) atoms. The lowest BCUT2D eigenvalue weighted by Gasteiger charge is -2.10. The van der Waals surface area contributed by atoms with Gasteiger partial charge in [0.2, 0.25) is 0 Å². The topological polar surface area (TPSA) is 66.5 Å². The molecule has 1 heterocycles. The van der Waals surface area contributed by atoms with E-state index in [1.807, 2.05) is 0 Å². The monoisotopic (exact) mass is 234 g/mol. The third-order valence-electron chi connectivity index (χ3n) is 2.78. The summed E-state index contributed by atoms with van der Waals surface area (Å²) in [5.41, 5.74) is 5.59. The van der Waals surface area contributed by atoms with E-state index in [1.165, 1.54) is 11.7 Å². The Bertz CT molecular complexity index is 632. The van der Waals surface area contributed by atoms with E-state index in [4.69, 9.17) is 15.2 Å². The number of rotatable bonds is 2. The number of nitrogens with two attached hydrogens (primary N) is 1. The van der Waals surface area contributed by atoms with Crippen LogP contribution >= 0.6 is 0 Å². The number of ether oxygens (including phenoxy) is 2. The first-order valence-electron chi connectivity index (χ1n) is 5.09. The van der Waals surface area contributed by atoms with Gasteiger partial charge in [-0.2, -0.15) is 0 Å². The van der Waals surface area contributed by atoms with Crippen molar-refractivity contribution in [1.82, 2.24) is 4.57 Å². The van der Waals surface area contributed by atoms with Crippen molar-refractivity contribution in [3.05, 3.63) is 28.6 Å². The summed E-state index contributed by atoms with van der Waals surface area (Å²) in [6, 6.07) is 5.14. The van der Waals surface area contributed by atoms with Crippen molar-refractivity contribution in [1.29, 1.82) is 0 Å². The Balaban J connectivity index is 2.88. The first-order chi connectivity index (χ1) is 8.08. The van der Waals surface area contributed by atoms with Crippen molar-refractivity contribution in [3.8, 4) is 11.5 Å². The van der Waals surface area contributed by atoms with Gasteiger partial charge < -0.3 is 15.2 Å². The molecule has 0 bridgehead atoms. The van der Waals surface area contributed by atoms with E-state index in [0.717, 1.165) is 5.39 Å². The van der Waals surface area contributed by atoms with Gasteiger partial charge in [-0.1, -0.05) is 0 Å². The standard InChI is InChI=1S/C12H14N2O3/c1-14-11(13)5-7-4-9(16-2)10(17-3)6-8(7)12(14)15/h4-6H,13H2,1-3H3. The van der Waals surface area contributed by atoms with E-state index in [9.17, 15) is 4.79 Å². The Kier molecular flexibility index (Phi) is 2.67. The zero-order valence-corrected chi connectivity index (χ0v) is 9.98. The Labute approximate surface area is 98.4 Å². The Morgan fingerprint density at radius 3 is 2.29 bits per heavy atom. The maximum Gasteiger partial charge on any atom is 0.259 e. The summed E-state index contributed by atoms with van der Waals surface area (Å²) in [5.74, 6) is 1.52. The van der Waals surface area contributed by atoms with Crippen molar-refractivity contribution >= 4 is 16.6 Å². The number of anilines is 1. The van der Waals surface area contributed by atoms with E-state index >= 15 is 0 Å². The molecule has 0 atom stereocenters. The molecule has 0 aliphatic rings. The molecule has 90 valence electrons. The molecule has 1 aromatic heterocycles. The van der Waals surface area contributed by atoms with Crippen LogP contribution < -0.4 is 20.8 Å². The number of hydrogen-bond donors (Lipinski definition) is 1. The number of aromatic nitrogens is 1. The zero-order valence-electron chi connectivity index (χ0n) is 9.98. The summed E-state index contributed by atoms with van der Waals surface area (Å²) in [4.78, 5) is 12.0. The minimum Gasteiger partial charge on any atom is -0.493 e. The molecule has 0 aliphatic heterocycles. The normalized spacial score (nSPS) is 10.5. The van der Waals surface area contributed by atoms with Crippen molar-refractivity contribution < 1.29 is 9.47 Å². The second-order valence-corrected chi connectivity index (χ2v) is 3.73. The van der Waals surface area contributed by atoms with Gasteiger partial charge in [-0.15, -0.1) is 0 Å². The third kappa shape index (κ3) is 1.69. The summed E-state index contributed by atoms with van der Waals surface area (Å²) in [7, 11) is 4.72. The minimum atomic E-state index is -0.152. The molecule has 1 aromatic carbocycles. The highest BCUT2D eigenvalue weighted by Gasteiger charge is 2.10. The highest BCUT2D eigenvalue weighted by atomic mass is 16.5. The molecule has 5 nitrogen and oxygen atoms in total. The summed E-state index contributed by atoms with van der Waals surface area (Å²) >= 11 is 0. The molecule has 0 amide bonds. The molecule has 0 unspecified atom stereocenters. The van der Waals surface area contributed by atoms with Gasteiger partial charge in [0.15, 0.2) is 11.5 Å². The molecular formula is C12H14N2O3. The van der Waals surface area contributed by atoms with Crippen LogP contribution in [0, 0.1) is 0 Å². The Hall–Kier alpha value is -2.17. The van der Waals surface area contributed by atoms with Crippen LogP contribution in [0.15, 0.2) is 23.0 Å². The number of benzene rings is 1. The van der Waals surface area contributed by atoms with Crippen LogP contribution in [0.25, 0.3) is 10.8 Å². The maximum absolute atomic E-state index is 12.0. The van der Waals surface area contributed by atoms with Crippen molar-refractivity contribution in [2.45, 2.75) is 0 Å². The zero-order chi connectivity index (χ0) is 12.6. The predicted molar refractivity (Wildman–Crippen MR) is 66.7 cm³/mol. The molecular weight excluding hydrogens is 220 g/mol. The second kappa shape index (κ2) is 4.01. The third-order valence-corrected chi connectivity index (χ3v) is 2.78. The molecule has 0 saturated carbocycles. The Morgan fingerprint density at radius 2 is 1.71 bits per heavy atom. The van der Waals surface area contributed by atoms with E-state index in [2.05, 4.69) is 0 Å². The van der Waals surface area contributed by atoms with Crippen molar-refractivity contribution in [2.75, 3.05) is 20.0 Å². The van der Waals surface area contributed by atoms with Crippen LogP contribution in [0.3, 0.4) is 0 Å². The van der Waals surface area contributed by atoms with Gasteiger partial charge in [0, 0.05) is 7.05 Å². The fraction of sp³-hybridized carbons (Fsp3) is 0.250. The smallest absolute Gasteiger partial charge is 0.259 e. The molecule has 0 fully saturated rings.